The van der Waals surface area contributed by atoms with Gasteiger partial charge in [-0.1, -0.05) is 35.9 Å². The van der Waals surface area contributed by atoms with Crippen molar-refractivity contribution in [1.29, 1.82) is 0 Å². The second kappa shape index (κ2) is 8.04. The van der Waals surface area contributed by atoms with E-state index in [2.05, 4.69) is 44.5 Å². The van der Waals surface area contributed by atoms with E-state index < -0.39 is 0 Å². The molecule has 170 valence electrons. The van der Waals surface area contributed by atoms with Crippen LogP contribution in [0.15, 0.2) is 42.6 Å². The maximum atomic E-state index is 12.2. The smallest absolute Gasteiger partial charge is 0.223 e. The summed E-state index contributed by atoms with van der Waals surface area (Å²) >= 11 is 6.56. The molecule has 33 heavy (non-hydrogen) atoms. The van der Waals surface area contributed by atoms with Gasteiger partial charge in [0.2, 0.25) is 5.91 Å². The number of aromatic nitrogens is 3. The van der Waals surface area contributed by atoms with Crippen molar-refractivity contribution < 1.29 is 9.53 Å². The molecule has 2 bridgehead atoms. The third kappa shape index (κ3) is 3.54. The first-order valence-corrected chi connectivity index (χ1v) is 11.7. The molecule has 1 saturated carbocycles. The lowest BCUT2D eigenvalue weighted by Gasteiger charge is -2.29. The largest absolute Gasteiger partial charge is 0.378 e. The van der Waals surface area contributed by atoms with Crippen molar-refractivity contribution >= 4 is 40.0 Å². The Morgan fingerprint density at radius 2 is 2.06 bits per heavy atom. The van der Waals surface area contributed by atoms with Crippen LogP contribution < -0.4 is 16.0 Å². The number of ether oxygens (including phenoxy) is 1. The Kier molecular flexibility index (Phi) is 4.99. The standard InChI is InChI=1S/C24H25ClN6O2/c25-17-12-27-24-21(20(17)28-19-14-5-4-13(10-14)18(19)22(26)32)29-23(30-24)15-2-1-3-16(11-15)31-6-8-33-9-7-31/h1-5,11-14,18-19H,6-10H2,(H2,26,32)(H2,27,28,29,30)/t13-,14+,18+,19-/m0/s1. The second-order valence-electron chi connectivity index (χ2n) is 8.96. The van der Waals surface area contributed by atoms with Gasteiger partial charge in [0.1, 0.15) is 11.3 Å². The summed E-state index contributed by atoms with van der Waals surface area (Å²) in [5.74, 6) is 0.600. The number of hydrogen-bond donors (Lipinski definition) is 3. The van der Waals surface area contributed by atoms with Gasteiger partial charge in [0.05, 0.1) is 36.0 Å². The van der Waals surface area contributed by atoms with Crippen LogP contribution in [-0.4, -0.2) is 53.2 Å². The molecule has 3 aromatic rings. The quantitative estimate of drug-likeness (QED) is 0.500. The van der Waals surface area contributed by atoms with Gasteiger partial charge in [-0.2, -0.15) is 0 Å². The molecule has 1 amide bonds. The van der Waals surface area contributed by atoms with Crippen molar-refractivity contribution in [1.82, 2.24) is 15.0 Å². The first-order valence-electron chi connectivity index (χ1n) is 11.3. The third-order valence-electron chi connectivity index (χ3n) is 7.06. The molecule has 4 N–H and O–H groups in total. The fraction of sp³-hybridized carbons (Fsp3) is 0.375. The lowest BCUT2D eigenvalue weighted by atomic mass is 9.88. The molecular weight excluding hydrogens is 440 g/mol. The van der Waals surface area contributed by atoms with Crippen LogP contribution >= 0.6 is 11.6 Å². The van der Waals surface area contributed by atoms with Gasteiger partial charge in [-0.25, -0.2) is 9.97 Å². The summed E-state index contributed by atoms with van der Waals surface area (Å²) in [6.07, 6.45) is 6.81. The van der Waals surface area contributed by atoms with Crippen LogP contribution in [0.5, 0.6) is 0 Å². The minimum Gasteiger partial charge on any atom is -0.378 e. The average Bonchev–Trinajstić information content (AvgIpc) is 3.56. The molecule has 4 atom stereocenters. The molecule has 3 aliphatic rings. The number of nitrogens with two attached hydrogens (primary N) is 1. The Bertz CT molecular complexity index is 1250. The lowest BCUT2D eigenvalue weighted by Crippen LogP contribution is -2.41. The first-order chi connectivity index (χ1) is 16.1. The molecule has 0 radical (unpaired) electrons. The summed E-state index contributed by atoms with van der Waals surface area (Å²) in [5.41, 5.74) is 9.83. The van der Waals surface area contributed by atoms with E-state index in [0.717, 1.165) is 49.8 Å². The number of hydrogen-bond acceptors (Lipinski definition) is 6. The monoisotopic (exact) mass is 464 g/mol. The van der Waals surface area contributed by atoms with E-state index in [9.17, 15) is 4.79 Å². The average molecular weight is 465 g/mol. The zero-order valence-corrected chi connectivity index (χ0v) is 18.8. The number of amides is 1. The maximum Gasteiger partial charge on any atom is 0.223 e. The Morgan fingerprint density at radius 3 is 2.88 bits per heavy atom. The lowest BCUT2D eigenvalue weighted by molar-refractivity contribution is -0.122. The number of benzene rings is 1. The summed E-state index contributed by atoms with van der Waals surface area (Å²) in [5, 5.41) is 3.98. The van der Waals surface area contributed by atoms with Gasteiger partial charge in [0, 0.05) is 30.4 Å². The number of nitrogens with one attached hydrogen (secondary N) is 2. The molecule has 3 heterocycles. The van der Waals surface area contributed by atoms with Gasteiger partial charge in [0.25, 0.3) is 0 Å². The highest BCUT2D eigenvalue weighted by Crippen LogP contribution is 2.46. The number of imidazole rings is 1. The van der Waals surface area contributed by atoms with Crippen LogP contribution in [-0.2, 0) is 9.53 Å². The van der Waals surface area contributed by atoms with E-state index in [1.807, 2.05) is 12.1 Å². The van der Waals surface area contributed by atoms with Gasteiger partial charge < -0.3 is 25.7 Å². The van der Waals surface area contributed by atoms with Crippen molar-refractivity contribution in [2.24, 2.45) is 23.5 Å². The highest BCUT2D eigenvalue weighted by atomic mass is 35.5. The zero-order chi connectivity index (χ0) is 22.5. The van der Waals surface area contributed by atoms with Crippen LogP contribution in [0.4, 0.5) is 11.4 Å². The number of rotatable bonds is 5. The SMILES string of the molecule is NC(=O)[C@H]1[C@@H](Nc2c(Cl)cnc3[nH]c(-c4cccc(N5CCOCC5)c4)nc23)[C@@H]2C=C[C@H]1C2. The van der Waals surface area contributed by atoms with E-state index in [-0.39, 0.29) is 29.7 Å². The summed E-state index contributed by atoms with van der Waals surface area (Å²) in [7, 11) is 0. The van der Waals surface area contributed by atoms with Gasteiger partial charge in [-0.05, 0) is 30.4 Å². The molecule has 1 aromatic carbocycles. The molecular formula is C24H25ClN6O2. The summed E-state index contributed by atoms with van der Waals surface area (Å²) in [4.78, 5) is 27.1. The van der Waals surface area contributed by atoms with E-state index in [0.29, 0.717) is 21.9 Å². The van der Waals surface area contributed by atoms with Crippen LogP contribution in [0.2, 0.25) is 5.02 Å². The minimum absolute atomic E-state index is 0.106. The number of morpholine rings is 1. The van der Waals surface area contributed by atoms with Crippen LogP contribution in [0.1, 0.15) is 6.42 Å². The number of carbonyl (C=O) groups is 1. The fourth-order valence-electron chi connectivity index (χ4n) is 5.45. The van der Waals surface area contributed by atoms with Crippen LogP contribution in [0.3, 0.4) is 0 Å². The number of primary amides is 1. The number of halogens is 1. The van der Waals surface area contributed by atoms with E-state index in [1.54, 1.807) is 6.20 Å². The second-order valence-corrected chi connectivity index (χ2v) is 9.37. The van der Waals surface area contributed by atoms with E-state index in [1.165, 1.54) is 0 Å². The number of allylic oxidation sites excluding steroid dienone is 1. The molecule has 8 nitrogen and oxygen atoms in total. The van der Waals surface area contributed by atoms with Crippen molar-refractivity contribution in [3.63, 3.8) is 0 Å². The Balaban J connectivity index is 1.35. The molecule has 1 aliphatic heterocycles. The van der Waals surface area contributed by atoms with Gasteiger partial charge >= 0.3 is 0 Å². The predicted octanol–water partition coefficient (Wildman–Crippen LogP) is 3.20. The molecule has 9 heteroatoms. The molecule has 6 rings (SSSR count). The van der Waals surface area contributed by atoms with Crippen molar-refractivity contribution in [2.75, 3.05) is 36.5 Å². The van der Waals surface area contributed by atoms with Gasteiger partial charge in [-0.3, -0.25) is 4.79 Å². The van der Waals surface area contributed by atoms with Gasteiger partial charge in [0.15, 0.2) is 5.65 Å². The Morgan fingerprint density at radius 1 is 1.24 bits per heavy atom. The molecule has 0 spiro atoms. The third-order valence-corrected chi connectivity index (χ3v) is 7.35. The number of H-pyrrole nitrogens is 1. The number of nitrogens with zero attached hydrogens (tertiary/aromatic N) is 3. The fourth-order valence-corrected chi connectivity index (χ4v) is 5.64. The first kappa shape index (κ1) is 20.5. The number of aromatic amines is 1. The summed E-state index contributed by atoms with van der Waals surface area (Å²) in [6.45, 7) is 3.20. The molecule has 2 aliphatic carbocycles. The van der Waals surface area contributed by atoms with E-state index in [4.69, 9.17) is 27.1 Å². The number of anilines is 2. The van der Waals surface area contributed by atoms with Crippen LogP contribution in [0, 0.1) is 17.8 Å². The van der Waals surface area contributed by atoms with E-state index >= 15 is 0 Å². The summed E-state index contributed by atoms with van der Waals surface area (Å²) in [6, 6.07) is 8.19. The van der Waals surface area contributed by atoms with Gasteiger partial charge in [-0.15, -0.1) is 0 Å². The minimum atomic E-state index is -0.284. The maximum absolute atomic E-state index is 12.2. The van der Waals surface area contributed by atoms with Crippen molar-refractivity contribution in [3.05, 3.63) is 47.6 Å². The molecule has 0 unspecified atom stereocenters. The van der Waals surface area contributed by atoms with Crippen LogP contribution in [0.25, 0.3) is 22.6 Å². The topological polar surface area (TPSA) is 109 Å². The Labute approximate surface area is 196 Å². The predicted molar refractivity (Wildman–Crippen MR) is 128 cm³/mol. The number of carbonyl (C=O) groups excluding carboxylic acids is 1. The Hall–Kier alpha value is -3.10. The van der Waals surface area contributed by atoms with Crippen molar-refractivity contribution in [3.8, 4) is 11.4 Å². The number of pyridine rings is 1. The molecule has 2 fully saturated rings. The highest BCUT2D eigenvalue weighted by Gasteiger charge is 2.47. The highest BCUT2D eigenvalue weighted by molar-refractivity contribution is 6.34. The molecule has 2 aromatic heterocycles. The normalized spacial score (nSPS) is 26.3. The molecule has 1 saturated heterocycles. The number of fused-ring (bicyclic) bond motifs is 3. The summed E-state index contributed by atoms with van der Waals surface area (Å²) < 4.78 is 5.47. The van der Waals surface area contributed by atoms with Crippen molar-refractivity contribution in [2.45, 2.75) is 12.5 Å². The zero-order valence-electron chi connectivity index (χ0n) is 18.0.